The van der Waals surface area contributed by atoms with Crippen molar-refractivity contribution < 1.29 is 32.5 Å². The number of halogens is 3. The van der Waals surface area contributed by atoms with Gasteiger partial charge in [-0.1, -0.05) is 30.3 Å². The van der Waals surface area contributed by atoms with E-state index in [-0.39, 0.29) is 13.2 Å². The Morgan fingerprint density at radius 3 is 2.61 bits per heavy atom. The standard InChI is InChI=1S/C15H18F3NO4/c1-22-12-7-14(21,15(16,17)18)10-19(8-12)13(20)23-9-11-5-3-2-4-6-11/h2-6,12,21H,7-10H2,1H3/t12-,14+/m1/s1. The molecule has 1 aliphatic heterocycles. The van der Waals surface area contributed by atoms with Crippen LogP contribution in [0.15, 0.2) is 30.3 Å². The number of alkyl halides is 3. The largest absolute Gasteiger partial charge is 0.445 e. The highest BCUT2D eigenvalue weighted by Gasteiger charge is 2.58. The summed E-state index contributed by atoms with van der Waals surface area (Å²) in [5.41, 5.74) is -2.29. The van der Waals surface area contributed by atoms with Crippen LogP contribution in [0.1, 0.15) is 12.0 Å². The molecule has 5 nitrogen and oxygen atoms in total. The first-order chi connectivity index (χ1) is 10.7. The molecule has 1 N–H and O–H groups in total. The van der Waals surface area contributed by atoms with Gasteiger partial charge in [0.2, 0.25) is 0 Å². The Labute approximate surface area is 131 Å². The Kier molecular flexibility index (Phi) is 5.16. The third-order valence-corrected chi connectivity index (χ3v) is 3.77. The van der Waals surface area contributed by atoms with Crippen molar-refractivity contribution in [1.82, 2.24) is 4.90 Å². The molecule has 0 saturated carbocycles. The Morgan fingerprint density at radius 1 is 1.39 bits per heavy atom. The molecule has 1 aromatic carbocycles. The van der Waals surface area contributed by atoms with E-state index in [1.54, 1.807) is 30.3 Å². The molecule has 0 unspecified atom stereocenters. The number of ether oxygens (including phenoxy) is 2. The van der Waals surface area contributed by atoms with Gasteiger partial charge in [0.15, 0.2) is 5.60 Å². The maximum absolute atomic E-state index is 13.0. The molecule has 1 saturated heterocycles. The fourth-order valence-electron chi connectivity index (χ4n) is 2.44. The summed E-state index contributed by atoms with van der Waals surface area (Å²) in [5, 5.41) is 9.86. The zero-order valence-corrected chi connectivity index (χ0v) is 12.5. The summed E-state index contributed by atoms with van der Waals surface area (Å²) in [7, 11) is 1.24. The van der Waals surface area contributed by atoms with Gasteiger partial charge in [0.25, 0.3) is 0 Å². The molecule has 1 heterocycles. The Morgan fingerprint density at radius 2 is 2.04 bits per heavy atom. The van der Waals surface area contributed by atoms with E-state index in [9.17, 15) is 23.1 Å². The van der Waals surface area contributed by atoms with E-state index in [0.717, 1.165) is 4.90 Å². The van der Waals surface area contributed by atoms with Crippen LogP contribution < -0.4 is 0 Å². The Hall–Kier alpha value is -1.80. The molecule has 0 spiro atoms. The van der Waals surface area contributed by atoms with Gasteiger partial charge in [-0.05, 0) is 5.56 Å². The number of rotatable bonds is 3. The van der Waals surface area contributed by atoms with Crippen LogP contribution in [0.25, 0.3) is 0 Å². The summed E-state index contributed by atoms with van der Waals surface area (Å²) in [4.78, 5) is 12.8. The number of nitrogens with zero attached hydrogens (tertiary/aromatic N) is 1. The second-order valence-electron chi connectivity index (χ2n) is 5.51. The number of likely N-dealkylation sites (tertiary alicyclic amines) is 1. The number of carbonyl (C=O) groups is 1. The van der Waals surface area contributed by atoms with Crippen LogP contribution in [0.4, 0.5) is 18.0 Å². The Bertz CT molecular complexity index is 537. The fourth-order valence-corrected chi connectivity index (χ4v) is 2.44. The summed E-state index contributed by atoms with van der Waals surface area (Å²) >= 11 is 0. The number of carbonyl (C=O) groups excluding carboxylic acids is 1. The number of methoxy groups -OCH3 is 1. The lowest BCUT2D eigenvalue weighted by Gasteiger charge is -2.42. The van der Waals surface area contributed by atoms with E-state index < -0.39 is 36.9 Å². The first-order valence-electron chi connectivity index (χ1n) is 7.03. The van der Waals surface area contributed by atoms with Crippen LogP contribution in [0.3, 0.4) is 0 Å². The van der Waals surface area contributed by atoms with E-state index in [4.69, 9.17) is 9.47 Å². The normalized spacial score (nSPS) is 25.3. The fraction of sp³-hybridized carbons (Fsp3) is 0.533. The van der Waals surface area contributed by atoms with E-state index in [0.29, 0.717) is 5.56 Å². The quantitative estimate of drug-likeness (QED) is 0.922. The number of amides is 1. The summed E-state index contributed by atoms with van der Waals surface area (Å²) < 4.78 is 49.1. The molecule has 8 heteroatoms. The molecule has 1 fully saturated rings. The maximum atomic E-state index is 13.0. The van der Waals surface area contributed by atoms with Gasteiger partial charge in [-0.3, -0.25) is 0 Å². The summed E-state index contributed by atoms with van der Waals surface area (Å²) in [6.07, 6.45) is -7.31. The molecule has 2 rings (SSSR count). The van der Waals surface area contributed by atoms with Crippen molar-refractivity contribution in [2.75, 3.05) is 20.2 Å². The lowest BCUT2D eigenvalue weighted by molar-refractivity contribution is -0.281. The average molecular weight is 333 g/mol. The van der Waals surface area contributed by atoms with Gasteiger partial charge < -0.3 is 19.5 Å². The van der Waals surface area contributed by atoms with Crippen LogP contribution in [0, 0.1) is 0 Å². The van der Waals surface area contributed by atoms with Crippen molar-refractivity contribution in [2.24, 2.45) is 0 Å². The second-order valence-corrected chi connectivity index (χ2v) is 5.51. The minimum atomic E-state index is -4.86. The maximum Gasteiger partial charge on any atom is 0.419 e. The van der Waals surface area contributed by atoms with Crippen molar-refractivity contribution in [3.63, 3.8) is 0 Å². The monoisotopic (exact) mass is 333 g/mol. The number of β-amino-alcohol motifs (C(OH)–C–C–N with tert-alkyl or cyclic N) is 1. The van der Waals surface area contributed by atoms with Gasteiger partial charge in [0.05, 0.1) is 19.2 Å². The molecule has 1 aliphatic rings. The number of piperidine rings is 1. The van der Waals surface area contributed by atoms with Crippen LogP contribution in [0.2, 0.25) is 0 Å². The third kappa shape index (κ3) is 4.14. The van der Waals surface area contributed by atoms with Gasteiger partial charge in [-0.2, -0.15) is 13.2 Å². The molecule has 1 amide bonds. The van der Waals surface area contributed by atoms with Gasteiger partial charge in [0.1, 0.15) is 6.61 Å². The van der Waals surface area contributed by atoms with Crippen LogP contribution in [-0.2, 0) is 16.1 Å². The van der Waals surface area contributed by atoms with E-state index in [2.05, 4.69) is 0 Å². The van der Waals surface area contributed by atoms with Crippen molar-refractivity contribution in [1.29, 1.82) is 0 Å². The van der Waals surface area contributed by atoms with Crippen molar-refractivity contribution >= 4 is 6.09 Å². The highest BCUT2D eigenvalue weighted by molar-refractivity contribution is 5.68. The zero-order chi connectivity index (χ0) is 17.1. The topological polar surface area (TPSA) is 59.0 Å². The van der Waals surface area contributed by atoms with Crippen LogP contribution >= 0.6 is 0 Å². The van der Waals surface area contributed by atoms with E-state index in [1.165, 1.54) is 7.11 Å². The lowest BCUT2D eigenvalue weighted by Crippen LogP contribution is -2.62. The van der Waals surface area contributed by atoms with E-state index in [1.807, 2.05) is 0 Å². The minimum Gasteiger partial charge on any atom is -0.445 e. The predicted molar refractivity (Wildman–Crippen MR) is 74.6 cm³/mol. The van der Waals surface area contributed by atoms with Crippen molar-refractivity contribution in [3.8, 4) is 0 Å². The molecule has 128 valence electrons. The number of hydrogen-bond donors (Lipinski definition) is 1. The number of benzene rings is 1. The predicted octanol–water partition coefficient (Wildman–Crippen LogP) is 2.34. The molecule has 2 atom stereocenters. The zero-order valence-electron chi connectivity index (χ0n) is 12.5. The number of hydrogen-bond acceptors (Lipinski definition) is 4. The van der Waals surface area contributed by atoms with Gasteiger partial charge in [-0.15, -0.1) is 0 Å². The third-order valence-electron chi connectivity index (χ3n) is 3.77. The lowest BCUT2D eigenvalue weighted by atomic mass is 9.90. The van der Waals surface area contributed by atoms with Crippen LogP contribution in [-0.4, -0.2) is 54.2 Å². The van der Waals surface area contributed by atoms with Gasteiger partial charge in [-0.25, -0.2) is 4.79 Å². The van der Waals surface area contributed by atoms with Crippen molar-refractivity contribution in [2.45, 2.75) is 30.9 Å². The summed E-state index contributed by atoms with van der Waals surface area (Å²) in [6, 6.07) is 8.77. The second kappa shape index (κ2) is 6.76. The highest BCUT2D eigenvalue weighted by atomic mass is 19.4. The molecule has 0 aromatic heterocycles. The molecule has 23 heavy (non-hydrogen) atoms. The SMILES string of the molecule is CO[C@H]1CN(C(=O)OCc2ccccc2)C[C@](O)(C(F)(F)F)C1. The number of aliphatic hydroxyl groups is 1. The summed E-state index contributed by atoms with van der Waals surface area (Å²) in [5.74, 6) is 0. The van der Waals surface area contributed by atoms with Gasteiger partial charge >= 0.3 is 12.3 Å². The smallest absolute Gasteiger partial charge is 0.419 e. The molecule has 0 radical (unpaired) electrons. The van der Waals surface area contributed by atoms with Crippen molar-refractivity contribution in [3.05, 3.63) is 35.9 Å². The molecule has 0 bridgehead atoms. The Balaban J connectivity index is 2.03. The molecular formula is C15H18F3NO4. The van der Waals surface area contributed by atoms with Gasteiger partial charge in [0, 0.05) is 13.5 Å². The first kappa shape index (κ1) is 17.6. The molecule has 0 aliphatic carbocycles. The van der Waals surface area contributed by atoms with E-state index >= 15 is 0 Å². The minimum absolute atomic E-state index is 0.0573. The molecular weight excluding hydrogens is 315 g/mol. The average Bonchev–Trinajstić information content (AvgIpc) is 2.52. The highest BCUT2D eigenvalue weighted by Crippen LogP contribution is 2.38. The summed E-state index contributed by atoms with van der Waals surface area (Å²) in [6.45, 7) is -0.995. The molecule has 1 aromatic rings. The first-order valence-corrected chi connectivity index (χ1v) is 7.03. The van der Waals surface area contributed by atoms with Crippen LogP contribution in [0.5, 0.6) is 0 Å².